The van der Waals surface area contributed by atoms with E-state index in [-0.39, 0.29) is 30.9 Å². The lowest BCUT2D eigenvalue weighted by Gasteiger charge is -2.33. The molecule has 2 aliphatic rings. The molecule has 8 heteroatoms. The number of hydrogen-bond acceptors (Lipinski definition) is 6. The number of benzene rings is 2. The predicted molar refractivity (Wildman–Crippen MR) is 142 cm³/mol. The van der Waals surface area contributed by atoms with Crippen LogP contribution in [0, 0.1) is 5.92 Å². The van der Waals surface area contributed by atoms with Crippen molar-refractivity contribution in [2.24, 2.45) is 11.7 Å². The molecule has 190 valence electrons. The molecule has 2 aromatic rings. The van der Waals surface area contributed by atoms with Crippen molar-refractivity contribution in [3.05, 3.63) is 83.2 Å². The highest BCUT2D eigenvalue weighted by Crippen LogP contribution is 2.29. The van der Waals surface area contributed by atoms with Gasteiger partial charge in [-0.2, -0.15) is 0 Å². The lowest BCUT2D eigenvalue weighted by Crippen LogP contribution is -2.44. The zero-order valence-corrected chi connectivity index (χ0v) is 21.0. The summed E-state index contributed by atoms with van der Waals surface area (Å²) in [6.45, 7) is 4.50. The number of carbonyl (C=O) groups is 2. The number of allylic oxidation sites excluding steroid dienone is 2. The van der Waals surface area contributed by atoms with Gasteiger partial charge in [0.1, 0.15) is 6.54 Å². The molecule has 0 saturated heterocycles. The fraction of sp³-hybridized carbons (Fsp3) is 0.357. The van der Waals surface area contributed by atoms with Crippen LogP contribution >= 0.6 is 0 Å². The Morgan fingerprint density at radius 3 is 2.64 bits per heavy atom. The zero-order valence-electron chi connectivity index (χ0n) is 21.0. The van der Waals surface area contributed by atoms with Crippen molar-refractivity contribution >= 4 is 23.2 Å². The molecule has 2 aromatic carbocycles. The summed E-state index contributed by atoms with van der Waals surface area (Å²) >= 11 is 0. The molecule has 2 aliphatic heterocycles. The molecule has 0 aliphatic carbocycles. The number of nitrogens with one attached hydrogen (secondary N) is 1. The normalized spacial score (nSPS) is 17.7. The maximum atomic E-state index is 13.6. The van der Waals surface area contributed by atoms with E-state index in [1.165, 1.54) is 22.2 Å². The number of fused-ring (bicyclic) bond motifs is 2. The van der Waals surface area contributed by atoms with Crippen LogP contribution in [0.1, 0.15) is 28.4 Å². The van der Waals surface area contributed by atoms with E-state index >= 15 is 0 Å². The monoisotopic (exact) mass is 489 g/mol. The molecule has 0 aromatic heterocycles. The minimum Gasteiger partial charge on any atom is -0.405 e. The van der Waals surface area contributed by atoms with E-state index < -0.39 is 0 Å². The molecule has 2 heterocycles. The van der Waals surface area contributed by atoms with Crippen molar-refractivity contribution in [1.29, 1.82) is 0 Å². The van der Waals surface area contributed by atoms with Crippen molar-refractivity contribution < 1.29 is 14.7 Å². The van der Waals surface area contributed by atoms with Gasteiger partial charge in [-0.05, 0) is 54.9 Å². The van der Waals surface area contributed by atoms with Crippen LogP contribution in [0.15, 0.2) is 66.5 Å². The first-order chi connectivity index (χ1) is 17.4. The second-order valence-corrected chi connectivity index (χ2v) is 9.40. The van der Waals surface area contributed by atoms with Crippen LogP contribution in [0.4, 0.5) is 11.4 Å². The van der Waals surface area contributed by atoms with E-state index in [0.29, 0.717) is 24.3 Å². The van der Waals surface area contributed by atoms with Gasteiger partial charge in [-0.15, -0.1) is 0 Å². The van der Waals surface area contributed by atoms with Crippen LogP contribution in [0.25, 0.3) is 0 Å². The van der Waals surface area contributed by atoms with E-state index in [1.54, 1.807) is 30.2 Å². The number of likely N-dealkylation sites (N-methyl/N-ethyl adjacent to an activating group) is 1. The Morgan fingerprint density at radius 2 is 1.92 bits per heavy atom. The molecule has 0 saturated carbocycles. The fourth-order valence-electron chi connectivity index (χ4n) is 4.91. The standard InChI is InChI=1S/C28H35N5O3/c1-3-23(10-12-29)30-24-8-9-26-25(14-24)28(36)33(18-27(35)31(26)2)16-20(19-34)15-32-13-11-21-6-4-5-7-22(21)17-32/h3-10,12,14,20,30,34H,11,13,15-19,29H2,1-2H3/b12-10-,23-3+. The Hall–Kier alpha value is -3.62. The zero-order chi connectivity index (χ0) is 25.7. The molecular weight excluding hydrogens is 454 g/mol. The number of amides is 2. The van der Waals surface area contributed by atoms with Gasteiger partial charge in [0.25, 0.3) is 5.91 Å². The molecular formula is C28H35N5O3. The topological polar surface area (TPSA) is 102 Å². The van der Waals surface area contributed by atoms with E-state index in [4.69, 9.17) is 5.73 Å². The maximum Gasteiger partial charge on any atom is 0.256 e. The Morgan fingerprint density at radius 1 is 1.14 bits per heavy atom. The van der Waals surface area contributed by atoms with Gasteiger partial charge in [-0.3, -0.25) is 14.5 Å². The van der Waals surface area contributed by atoms with Crippen LogP contribution in [0.3, 0.4) is 0 Å². The number of hydrogen-bond donors (Lipinski definition) is 3. The lowest BCUT2D eigenvalue weighted by molar-refractivity contribution is -0.119. The fourth-order valence-corrected chi connectivity index (χ4v) is 4.91. The van der Waals surface area contributed by atoms with Crippen molar-refractivity contribution in [3.8, 4) is 0 Å². The molecule has 2 amide bonds. The van der Waals surface area contributed by atoms with E-state index in [2.05, 4.69) is 34.5 Å². The van der Waals surface area contributed by atoms with Gasteiger partial charge in [-0.1, -0.05) is 30.3 Å². The van der Waals surface area contributed by atoms with Gasteiger partial charge in [0.2, 0.25) is 5.91 Å². The molecule has 1 unspecified atom stereocenters. The Balaban J connectivity index is 1.52. The van der Waals surface area contributed by atoms with Gasteiger partial charge in [0, 0.05) is 57.1 Å². The average molecular weight is 490 g/mol. The summed E-state index contributed by atoms with van der Waals surface area (Å²) in [5, 5.41) is 13.4. The Labute approximate surface area is 212 Å². The molecule has 1 atom stereocenters. The number of nitrogens with zero attached hydrogens (tertiary/aromatic N) is 3. The van der Waals surface area contributed by atoms with Crippen LogP contribution in [-0.2, 0) is 17.8 Å². The van der Waals surface area contributed by atoms with Gasteiger partial charge < -0.3 is 26.0 Å². The second-order valence-electron chi connectivity index (χ2n) is 9.40. The third-order valence-corrected chi connectivity index (χ3v) is 6.91. The highest BCUT2D eigenvalue weighted by atomic mass is 16.3. The van der Waals surface area contributed by atoms with Crippen LogP contribution in [0.5, 0.6) is 0 Å². The predicted octanol–water partition coefficient (Wildman–Crippen LogP) is 2.56. The number of aliphatic hydroxyl groups excluding tert-OH is 1. The SMILES string of the molecule is C/C=C(\C=C/N)Nc1ccc2c(c1)C(=O)N(CC(CO)CN1CCc3ccccc3C1)CC(=O)N2C. The smallest absolute Gasteiger partial charge is 0.256 e. The maximum absolute atomic E-state index is 13.6. The summed E-state index contributed by atoms with van der Waals surface area (Å²) in [7, 11) is 1.69. The molecule has 0 radical (unpaired) electrons. The van der Waals surface area contributed by atoms with Crippen molar-refractivity contribution in [2.45, 2.75) is 19.9 Å². The third-order valence-electron chi connectivity index (χ3n) is 6.91. The molecule has 4 N–H and O–H groups in total. The second kappa shape index (κ2) is 11.4. The molecule has 8 nitrogen and oxygen atoms in total. The first-order valence-corrected chi connectivity index (χ1v) is 12.3. The largest absolute Gasteiger partial charge is 0.405 e. The number of aliphatic hydroxyl groups is 1. The Bertz CT molecular complexity index is 1180. The van der Waals surface area contributed by atoms with Gasteiger partial charge >= 0.3 is 0 Å². The summed E-state index contributed by atoms with van der Waals surface area (Å²) in [4.78, 5) is 32.0. The summed E-state index contributed by atoms with van der Waals surface area (Å²) in [5.41, 5.74) is 10.7. The quantitative estimate of drug-likeness (QED) is 0.493. The van der Waals surface area contributed by atoms with Crippen LogP contribution in [-0.4, -0.2) is 66.6 Å². The number of nitrogens with two attached hydrogens (primary N) is 1. The molecule has 0 bridgehead atoms. The van der Waals surface area contributed by atoms with E-state index in [0.717, 1.165) is 30.9 Å². The number of carbonyl (C=O) groups excluding carboxylic acids is 2. The molecule has 0 spiro atoms. The van der Waals surface area contributed by atoms with Gasteiger partial charge in [-0.25, -0.2) is 0 Å². The highest BCUT2D eigenvalue weighted by Gasteiger charge is 2.32. The third kappa shape index (κ3) is 5.61. The number of rotatable bonds is 8. The van der Waals surface area contributed by atoms with Gasteiger partial charge in [0.15, 0.2) is 0 Å². The minimum absolute atomic E-state index is 0.0257. The highest BCUT2D eigenvalue weighted by molar-refractivity contribution is 6.10. The Kier molecular flexibility index (Phi) is 8.07. The summed E-state index contributed by atoms with van der Waals surface area (Å²) in [6.07, 6.45) is 6.03. The molecule has 4 rings (SSSR count). The number of anilines is 2. The van der Waals surface area contributed by atoms with Gasteiger partial charge in [0.05, 0.1) is 11.3 Å². The van der Waals surface area contributed by atoms with E-state index in [9.17, 15) is 14.7 Å². The van der Waals surface area contributed by atoms with Crippen molar-refractivity contribution in [3.63, 3.8) is 0 Å². The lowest BCUT2D eigenvalue weighted by atomic mass is 9.98. The summed E-state index contributed by atoms with van der Waals surface area (Å²) in [6, 6.07) is 13.8. The van der Waals surface area contributed by atoms with E-state index in [1.807, 2.05) is 19.1 Å². The summed E-state index contributed by atoms with van der Waals surface area (Å²) < 4.78 is 0. The molecule has 36 heavy (non-hydrogen) atoms. The van der Waals surface area contributed by atoms with Crippen LogP contribution < -0.4 is 16.0 Å². The summed E-state index contributed by atoms with van der Waals surface area (Å²) in [5.74, 6) is -0.540. The van der Waals surface area contributed by atoms with Crippen molar-refractivity contribution in [2.75, 3.05) is 50.1 Å². The van der Waals surface area contributed by atoms with Crippen molar-refractivity contribution in [1.82, 2.24) is 9.80 Å². The first-order valence-electron chi connectivity index (χ1n) is 12.3. The average Bonchev–Trinajstić information content (AvgIpc) is 2.98. The molecule has 0 fully saturated rings. The minimum atomic E-state index is -0.217. The van der Waals surface area contributed by atoms with Crippen LogP contribution in [0.2, 0.25) is 0 Å². The first kappa shape index (κ1) is 25.5.